The molecule has 0 fully saturated rings. The Morgan fingerprint density at radius 1 is 1.50 bits per heavy atom. The quantitative estimate of drug-likeness (QED) is 0.756. The summed E-state index contributed by atoms with van der Waals surface area (Å²) in [4.78, 5) is 11.2. The van der Waals surface area contributed by atoms with Gasteiger partial charge in [-0.25, -0.2) is 9.97 Å². The van der Waals surface area contributed by atoms with Crippen molar-refractivity contribution in [2.24, 2.45) is 0 Å². The Morgan fingerprint density at radius 2 is 2.33 bits per heavy atom. The minimum Gasteiger partial charge on any atom is -0.396 e. The van der Waals surface area contributed by atoms with Crippen LogP contribution in [0.3, 0.4) is 0 Å². The van der Waals surface area contributed by atoms with Gasteiger partial charge in [0.15, 0.2) is 11.5 Å². The van der Waals surface area contributed by atoms with Crippen molar-refractivity contribution in [3.63, 3.8) is 0 Å². The minimum atomic E-state index is 0.164. The van der Waals surface area contributed by atoms with Crippen LogP contribution in [-0.4, -0.2) is 33.1 Å². The number of rotatable bonds is 3. The fraction of sp³-hybridized carbons (Fsp3) is 0.333. The van der Waals surface area contributed by atoms with Crippen LogP contribution in [-0.2, 0) is 6.42 Å². The van der Waals surface area contributed by atoms with Crippen LogP contribution in [0.15, 0.2) is 12.3 Å². The van der Waals surface area contributed by atoms with E-state index in [1.165, 1.54) is 0 Å². The van der Waals surface area contributed by atoms with Crippen LogP contribution in [0, 0.1) is 6.92 Å². The summed E-state index contributed by atoms with van der Waals surface area (Å²) in [5.74, 6) is 0.781. The fourth-order valence-electron chi connectivity index (χ4n) is 2.09. The molecule has 6 heteroatoms. The first-order valence-electron chi connectivity index (χ1n) is 5.79. The monoisotopic (exact) mass is 262 g/mol. The Bertz CT molecular complexity index is 716. The molecule has 0 aliphatic heterocycles. The Balaban J connectivity index is 2.38. The number of fused-ring (bicyclic) bond motifs is 3. The molecule has 3 heterocycles. The number of hydrogen-bond donors (Lipinski definition) is 2. The maximum Gasteiger partial charge on any atom is 0.181 e. The fourth-order valence-corrected chi connectivity index (χ4v) is 3.24. The second kappa shape index (κ2) is 4.22. The third-order valence-electron chi connectivity index (χ3n) is 2.92. The molecule has 0 radical (unpaired) electrons. The smallest absolute Gasteiger partial charge is 0.181 e. The van der Waals surface area contributed by atoms with Gasteiger partial charge in [0.25, 0.3) is 0 Å². The molecule has 0 saturated carbocycles. The van der Waals surface area contributed by atoms with Crippen molar-refractivity contribution in [3.8, 4) is 0 Å². The van der Waals surface area contributed by atoms with Crippen LogP contribution in [0.2, 0.25) is 0 Å². The van der Waals surface area contributed by atoms with Crippen molar-refractivity contribution in [3.05, 3.63) is 22.8 Å². The lowest BCUT2D eigenvalue weighted by Crippen LogP contribution is -1.98. The highest BCUT2D eigenvalue weighted by Gasteiger charge is 2.13. The van der Waals surface area contributed by atoms with Gasteiger partial charge in [-0.05, 0) is 13.0 Å². The number of nitrogens with one attached hydrogen (secondary N) is 1. The lowest BCUT2D eigenvalue weighted by Gasteiger charge is -2.04. The number of aliphatic hydroxyl groups excluding tert-OH is 1. The summed E-state index contributed by atoms with van der Waals surface area (Å²) in [5.41, 5.74) is 2.88. The van der Waals surface area contributed by atoms with Gasteiger partial charge >= 0.3 is 0 Å². The zero-order valence-electron chi connectivity index (χ0n) is 10.3. The highest BCUT2D eigenvalue weighted by atomic mass is 32.1. The first-order valence-corrected chi connectivity index (χ1v) is 6.61. The predicted octanol–water partition coefficient (Wildman–Crippen LogP) is 1.83. The second-order valence-corrected chi connectivity index (χ2v) is 5.26. The summed E-state index contributed by atoms with van der Waals surface area (Å²) in [7, 11) is 1.85. The lowest BCUT2D eigenvalue weighted by atomic mass is 10.3. The van der Waals surface area contributed by atoms with E-state index in [2.05, 4.69) is 19.7 Å². The van der Waals surface area contributed by atoms with Gasteiger partial charge in [0, 0.05) is 36.8 Å². The molecule has 0 amide bonds. The maximum absolute atomic E-state index is 9.03. The molecule has 0 unspecified atom stereocenters. The number of aliphatic hydroxyl groups is 1. The normalized spacial score (nSPS) is 11.5. The van der Waals surface area contributed by atoms with Crippen LogP contribution in [0.4, 0.5) is 5.82 Å². The Labute approximate surface area is 108 Å². The molecule has 0 aliphatic carbocycles. The topological polar surface area (TPSA) is 62.5 Å². The molecule has 18 heavy (non-hydrogen) atoms. The minimum absolute atomic E-state index is 0.164. The third-order valence-corrected chi connectivity index (χ3v) is 4.09. The van der Waals surface area contributed by atoms with E-state index < -0.39 is 0 Å². The van der Waals surface area contributed by atoms with E-state index in [4.69, 9.17) is 5.11 Å². The average molecular weight is 262 g/mol. The number of anilines is 1. The molecule has 2 N–H and O–H groups in total. The molecule has 5 nitrogen and oxygen atoms in total. The highest BCUT2D eigenvalue weighted by Crippen LogP contribution is 2.29. The number of aromatic nitrogens is 3. The largest absolute Gasteiger partial charge is 0.396 e. The summed E-state index contributed by atoms with van der Waals surface area (Å²) >= 11 is 1.66. The van der Waals surface area contributed by atoms with Crippen molar-refractivity contribution in [2.75, 3.05) is 19.0 Å². The van der Waals surface area contributed by atoms with E-state index in [9.17, 15) is 0 Å². The van der Waals surface area contributed by atoms with Gasteiger partial charge in [0.1, 0.15) is 10.3 Å². The number of nitrogens with zero attached hydrogens (tertiary/aromatic N) is 3. The summed E-state index contributed by atoms with van der Waals surface area (Å²) in [5, 5.41) is 12.1. The van der Waals surface area contributed by atoms with Gasteiger partial charge in [-0.3, -0.25) is 4.40 Å². The van der Waals surface area contributed by atoms with Gasteiger partial charge in [0.05, 0.1) is 0 Å². The van der Waals surface area contributed by atoms with E-state index in [1.54, 1.807) is 11.3 Å². The third kappa shape index (κ3) is 1.57. The molecule has 0 spiro atoms. The molecular weight excluding hydrogens is 248 g/mol. The van der Waals surface area contributed by atoms with Gasteiger partial charge in [-0.15, -0.1) is 11.3 Å². The molecule has 0 bridgehead atoms. The summed E-state index contributed by atoms with van der Waals surface area (Å²) < 4.78 is 2.11. The van der Waals surface area contributed by atoms with Gasteiger partial charge in [-0.1, -0.05) is 0 Å². The Kier molecular flexibility index (Phi) is 2.68. The predicted molar refractivity (Wildman–Crippen MR) is 73.4 cm³/mol. The summed E-state index contributed by atoms with van der Waals surface area (Å²) in [6, 6.07) is 2.04. The van der Waals surface area contributed by atoms with Crippen molar-refractivity contribution in [1.29, 1.82) is 0 Å². The zero-order chi connectivity index (χ0) is 12.7. The standard InChI is InChI=1S/C12H14N4OS/c1-7-6-14-11-10(13-2)15-9-5-8(3-4-17)18-12(9)16(7)11/h5-6,17H,3-4H2,1-2H3,(H,13,15). The molecule has 3 rings (SSSR count). The molecule has 0 saturated heterocycles. The molecule has 3 aromatic rings. The average Bonchev–Trinajstić information content (AvgIpc) is 2.92. The molecule has 0 aromatic carbocycles. The molecule has 0 atom stereocenters. The highest BCUT2D eigenvalue weighted by molar-refractivity contribution is 7.18. The molecular formula is C12H14N4OS. The zero-order valence-corrected chi connectivity index (χ0v) is 11.1. The van der Waals surface area contributed by atoms with Crippen LogP contribution >= 0.6 is 11.3 Å². The van der Waals surface area contributed by atoms with Crippen molar-refractivity contribution < 1.29 is 5.11 Å². The van der Waals surface area contributed by atoms with Crippen molar-refractivity contribution in [1.82, 2.24) is 14.4 Å². The van der Waals surface area contributed by atoms with Gasteiger partial charge in [0.2, 0.25) is 0 Å². The van der Waals surface area contributed by atoms with E-state index in [0.717, 1.165) is 32.4 Å². The van der Waals surface area contributed by atoms with E-state index in [-0.39, 0.29) is 6.61 Å². The number of hydrogen-bond acceptors (Lipinski definition) is 5. The second-order valence-electron chi connectivity index (χ2n) is 4.15. The van der Waals surface area contributed by atoms with Crippen LogP contribution in [0.5, 0.6) is 0 Å². The van der Waals surface area contributed by atoms with Crippen LogP contribution < -0.4 is 5.32 Å². The summed E-state index contributed by atoms with van der Waals surface area (Å²) in [6.07, 6.45) is 2.52. The van der Waals surface area contributed by atoms with Crippen LogP contribution in [0.25, 0.3) is 16.0 Å². The number of thiophene rings is 1. The van der Waals surface area contributed by atoms with Gasteiger partial charge in [-0.2, -0.15) is 0 Å². The van der Waals surface area contributed by atoms with Crippen molar-refractivity contribution >= 4 is 33.1 Å². The molecule has 94 valence electrons. The lowest BCUT2D eigenvalue weighted by molar-refractivity contribution is 0.300. The van der Waals surface area contributed by atoms with Crippen LogP contribution in [0.1, 0.15) is 10.6 Å². The van der Waals surface area contributed by atoms with E-state index in [0.29, 0.717) is 6.42 Å². The first-order chi connectivity index (χ1) is 8.74. The maximum atomic E-state index is 9.03. The van der Waals surface area contributed by atoms with Gasteiger partial charge < -0.3 is 10.4 Å². The first kappa shape index (κ1) is 11.4. The molecule has 0 aliphatic rings. The van der Waals surface area contributed by atoms with E-state index in [1.807, 2.05) is 26.2 Å². The Morgan fingerprint density at radius 3 is 3.06 bits per heavy atom. The van der Waals surface area contributed by atoms with Crippen molar-refractivity contribution in [2.45, 2.75) is 13.3 Å². The Hall–Kier alpha value is -1.66. The summed E-state index contributed by atoms with van der Waals surface area (Å²) in [6.45, 7) is 2.20. The molecule has 3 aromatic heterocycles. The number of imidazole rings is 1. The van der Waals surface area contributed by atoms with E-state index >= 15 is 0 Å². The number of aryl methyl sites for hydroxylation is 1. The SMILES string of the molecule is CNc1nc2cc(CCO)sc2n2c(C)cnc12.